The minimum atomic E-state index is 0.465. The summed E-state index contributed by atoms with van der Waals surface area (Å²) in [6, 6.07) is 6.12. The average Bonchev–Trinajstić information content (AvgIpc) is 2.87. The molecular weight excluding hydrogens is 323 g/mol. The molecule has 1 unspecified atom stereocenters. The van der Waals surface area contributed by atoms with Gasteiger partial charge in [0.1, 0.15) is 0 Å². The molecule has 0 fully saturated rings. The van der Waals surface area contributed by atoms with Crippen molar-refractivity contribution in [3.63, 3.8) is 0 Å². The minimum absolute atomic E-state index is 0.465. The number of rotatable bonds is 4. The molecule has 2 nitrogen and oxygen atoms in total. The lowest BCUT2D eigenvalue weighted by molar-refractivity contribution is 0.476. The van der Waals surface area contributed by atoms with E-state index in [-0.39, 0.29) is 0 Å². The van der Waals surface area contributed by atoms with Gasteiger partial charge in [0.2, 0.25) is 0 Å². The first-order valence-corrected chi connectivity index (χ1v) is 8.91. The second kappa shape index (κ2) is 6.66. The molecule has 1 aliphatic rings. The molecular formula is C16H18Cl2N2S. The van der Waals surface area contributed by atoms with Crippen molar-refractivity contribution in [1.29, 1.82) is 0 Å². The third-order valence-electron chi connectivity index (χ3n) is 3.83. The number of halogens is 2. The molecule has 0 aliphatic heterocycles. The highest BCUT2D eigenvalue weighted by Crippen LogP contribution is 2.36. The van der Waals surface area contributed by atoms with Crippen LogP contribution in [0.1, 0.15) is 46.9 Å². The number of nitrogens with zero attached hydrogens (tertiary/aromatic N) is 1. The van der Waals surface area contributed by atoms with Crippen molar-refractivity contribution >= 4 is 34.5 Å². The maximum absolute atomic E-state index is 6.26. The van der Waals surface area contributed by atoms with Crippen molar-refractivity contribution in [3.8, 4) is 0 Å². The molecule has 0 spiro atoms. The molecule has 1 atom stereocenters. The summed E-state index contributed by atoms with van der Waals surface area (Å²) < 4.78 is 0. The van der Waals surface area contributed by atoms with E-state index in [4.69, 9.17) is 28.2 Å². The highest BCUT2D eigenvalue weighted by Gasteiger charge is 2.24. The molecule has 1 N–H and O–H groups in total. The van der Waals surface area contributed by atoms with Crippen LogP contribution in [-0.2, 0) is 12.8 Å². The van der Waals surface area contributed by atoms with Crippen LogP contribution < -0.4 is 5.32 Å². The first kappa shape index (κ1) is 15.3. The summed E-state index contributed by atoms with van der Waals surface area (Å²) in [6.07, 6.45) is 4.22. The van der Waals surface area contributed by atoms with Crippen LogP contribution in [0.3, 0.4) is 0 Å². The molecule has 1 aromatic carbocycles. The van der Waals surface area contributed by atoms with Crippen molar-refractivity contribution in [2.24, 2.45) is 0 Å². The van der Waals surface area contributed by atoms with Gasteiger partial charge in [0.25, 0.3) is 0 Å². The molecule has 0 amide bonds. The summed E-state index contributed by atoms with van der Waals surface area (Å²) in [5.74, 6) is 0. The predicted molar refractivity (Wildman–Crippen MR) is 90.7 cm³/mol. The van der Waals surface area contributed by atoms with Crippen molar-refractivity contribution in [2.75, 3.05) is 6.54 Å². The Morgan fingerprint density at radius 2 is 2.10 bits per heavy atom. The van der Waals surface area contributed by atoms with Crippen LogP contribution in [0.5, 0.6) is 0 Å². The van der Waals surface area contributed by atoms with Gasteiger partial charge >= 0.3 is 0 Å². The number of benzene rings is 1. The van der Waals surface area contributed by atoms with E-state index in [1.165, 1.54) is 23.4 Å². The molecule has 112 valence electrons. The van der Waals surface area contributed by atoms with Crippen molar-refractivity contribution in [2.45, 2.75) is 38.6 Å². The molecule has 1 aromatic heterocycles. The van der Waals surface area contributed by atoms with Crippen LogP contribution in [0.4, 0.5) is 0 Å². The molecule has 0 bridgehead atoms. The van der Waals surface area contributed by atoms with E-state index in [2.05, 4.69) is 12.2 Å². The van der Waals surface area contributed by atoms with Gasteiger partial charge in [0, 0.05) is 27.4 Å². The molecule has 0 saturated heterocycles. The standard InChI is InChI=1S/C16H18Cl2N2S/c1-2-19-13-7-4-8-14-16(13)21-15(20-14)9-10-11(17)5-3-6-12(10)18/h3,5-6,13,19H,2,4,7-9H2,1H3. The van der Waals surface area contributed by atoms with Gasteiger partial charge in [-0.3, -0.25) is 0 Å². The molecule has 0 radical (unpaired) electrons. The lowest BCUT2D eigenvalue weighted by atomic mass is 9.98. The summed E-state index contributed by atoms with van der Waals surface area (Å²) in [5.41, 5.74) is 2.24. The summed E-state index contributed by atoms with van der Waals surface area (Å²) in [7, 11) is 0. The fraction of sp³-hybridized carbons (Fsp3) is 0.438. The van der Waals surface area contributed by atoms with Gasteiger partial charge in [-0.1, -0.05) is 36.2 Å². The summed E-state index contributed by atoms with van der Waals surface area (Å²) in [5, 5.41) is 6.11. The predicted octanol–water partition coefficient (Wildman–Crippen LogP) is 5.03. The highest BCUT2D eigenvalue weighted by molar-refractivity contribution is 7.11. The monoisotopic (exact) mass is 340 g/mol. The molecule has 3 rings (SSSR count). The first-order valence-electron chi connectivity index (χ1n) is 7.33. The Kier molecular flexibility index (Phi) is 4.85. The Morgan fingerprint density at radius 3 is 2.81 bits per heavy atom. The number of nitrogens with one attached hydrogen (secondary N) is 1. The van der Waals surface area contributed by atoms with E-state index in [1.807, 2.05) is 18.2 Å². The van der Waals surface area contributed by atoms with Crippen LogP contribution in [0, 0.1) is 0 Å². The van der Waals surface area contributed by atoms with E-state index in [0.717, 1.165) is 40.0 Å². The Balaban J connectivity index is 1.88. The zero-order valence-corrected chi connectivity index (χ0v) is 14.3. The van der Waals surface area contributed by atoms with Gasteiger partial charge in [0.15, 0.2) is 0 Å². The lowest BCUT2D eigenvalue weighted by Crippen LogP contribution is -2.23. The van der Waals surface area contributed by atoms with Crippen molar-refractivity contribution < 1.29 is 0 Å². The molecule has 1 heterocycles. The van der Waals surface area contributed by atoms with E-state index in [1.54, 1.807) is 11.3 Å². The number of hydrogen-bond donors (Lipinski definition) is 1. The van der Waals surface area contributed by atoms with E-state index >= 15 is 0 Å². The largest absolute Gasteiger partial charge is 0.309 e. The Labute approximate surface area is 139 Å². The van der Waals surface area contributed by atoms with Gasteiger partial charge < -0.3 is 5.32 Å². The molecule has 21 heavy (non-hydrogen) atoms. The van der Waals surface area contributed by atoms with Gasteiger partial charge in [0.05, 0.1) is 10.7 Å². The summed E-state index contributed by atoms with van der Waals surface area (Å²) >= 11 is 14.3. The topological polar surface area (TPSA) is 24.9 Å². The van der Waals surface area contributed by atoms with Crippen molar-refractivity contribution in [3.05, 3.63) is 49.4 Å². The van der Waals surface area contributed by atoms with Gasteiger partial charge in [-0.15, -0.1) is 11.3 Å². The Bertz CT molecular complexity index is 619. The molecule has 2 aromatic rings. The Hall–Kier alpha value is -0.610. The second-order valence-corrected chi connectivity index (χ2v) is 7.23. The normalized spacial score (nSPS) is 17.8. The smallest absolute Gasteiger partial charge is 0.0976 e. The zero-order chi connectivity index (χ0) is 14.8. The highest BCUT2D eigenvalue weighted by atomic mass is 35.5. The number of fused-ring (bicyclic) bond motifs is 1. The van der Waals surface area contributed by atoms with E-state index in [9.17, 15) is 0 Å². The van der Waals surface area contributed by atoms with Gasteiger partial charge in [-0.2, -0.15) is 0 Å². The number of hydrogen-bond acceptors (Lipinski definition) is 3. The van der Waals surface area contributed by atoms with Gasteiger partial charge in [-0.05, 0) is 43.5 Å². The lowest BCUT2D eigenvalue weighted by Gasteiger charge is -2.21. The summed E-state index contributed by atoms with van der Waals surface area (Å²) in [4.78, 5) is 6.23. The number of aromatic nitrogens is 1. The van der Waals surface area contributed by atoms with Crippen LogP contribution in [-0.4, -0.2) is 11.5 Å². The molecule has 1 aliphatic carbocycles. The fourth-order valence-corrected chi connectivity index (χ4v) is 4.61. The van der Waals surface area contributed by atoms with Crippen LogP contribution in [0.15, 0.2) is 18.2 Å². The molecule has 5 heteroatoms. The van der Waals surface area contributed by atoms with Crippen LogP contribution >= 0.6 is 34.5 Å². The van der Waals surface area contributed by atoms with Crippen molar-refractivity contribution in [1.82, 2.24) is 10.3 Å². The van der Waals surface area contributed by atoms with E-state index in [0.29, 0.717) is 6.04 Å². The van der Waals surface area contributed by atoms with E-state index < -0.39 is 0 Å². The van der Waals surface area contributed by atoms with Crippen LogP contribution in [0.25, 0.3) is 0 Å². The number of aryl methyl sites for hydroxylation is 1. The SMILES string of the molecule is CCNC1CCCc2nc(Cc3c(Cl)cccc3Cl)sc21. The fourth-order valence-electron chi connectivity index (χ4n) is 2.84. The van der Waals surface area contributed by atoms with Crippen LogP contribution in [0.2, 0.25) is 10.0 Å². The third-order valence-corrected chi connectivity index (χ3v) is 5.75. The Morgan fingerprint density at radius 1 is 1.33 bits per heavy atom. The molecule has 0 saturated carbocycles. The zero-order valence-electron chi connectivity index (χ0n) is 12.0. The number of thiazole rings is 1. The minimum Gasteiger partial charge on any atom is -0.309 e. The third kappa shape index (κ3) is 3.26. The second-order valence-electron chi connectivity index (χ2n) is 5.30. The maximum Gasteiger partial charge on any atom is 0.0976 e. The average molecular weight is 341 g/mol. The maximum atomic E-state index is 6.26. The van der Waals surface area contributed by atoms with Gasteiger partial charge in [-0.25, -0.2) is 4.98 Å². The first-order chi connectivity index (χ1) is 10.2. The summed E-state index contributed by atoms with van der Waals surface area (Å²) in [6.45, 7) is 3.15. The quantitative estimate of drug-likeness (QED) is 0.844.